The van der Waals surface area contributed by atoms with Crippen LogP contribution in [0.25, 0.3) is 5.82 Å². The summed E-state index contributed by atoms with van der Waals surface area (Å²) in [5.74, 6) is 0.226. The van der Waals surface area contributed by atoms with Crippen LogP contribution in [-0.2, 0) is 9.84 Å². The Kier molecular flexibility index (Phi) is 7.20. The van der Waals surface area contributed by atoms with Crippen molar-refractivity contribution in [3.05, 3.63) is 64.8 Å². The molecule has 0 aliphatic heterocycles. The van der Waals surface area contributed by atoms with E-state index < -0.39 is 21.8 Å². The Hall–Kier alpha value is -2.94. The lowest BCUT2D eigenvalue weighted by Gasteiger charge is -2.15. The van der Waals surface area contributed by atoms with Crippen LogP contribution in [-0.4, -0.2) is 40.3 Å². The third-order valence-electron chi connectivity index (χ3n) is 3.96. The molecule has 2 heterocycles. The van der Waals surface area contributed by atoms with Gasteiger partial charge in [0.15, 0.2) is 21.5 Å². The van der Waals surface area contributed by atoms with Gasteiger partial charge >= 0.3 is 0 Å². The molecule has 9 nitrogen and oxygen atoms in total. The van der Waals surface area contributed by atoms with Gasteiger partial charge < -0.3 is 5.32 Å². The van der Waals surface area contributed by atoms with Crippen molar-refractivity contribution in [1.82, 2.24) is 25.1 Å². The van der Waals surface area contributed by atoms with E-state index in [1.54, 1.807) is 19.1 Å². The number of nitrogens with one attached hydrogen (secondary N) is 1. The van der Waals surface area contributed by atoms with Gasteiger partial charge in [-0.15, -0.1) is 0 Å². The molecule has 3 rings (SSSR count). The van der Waals surface area contributed by atoms with Gasteiger partial charge in [0, 0.05) is 29.1 Å². The monoisotopic (exact) mass is 464 g/mol. The minimum absolute atomic E-state index is 0. The molecule has 0 saturated carbocycles. The Labute approximate surface area is 185 Å². The maximum absolute atomic E-state index is 12.6. The Bertz CT molecular complexity index is 1240. The van der Waals surface area contributed by atoms with Gasteiger partial charge in [0.1, 0.15) is 6.33 Å². The molecule has 156 valence electrons. The van der Waals surface area contributed by atoms with Crippen LogP contribution in [0, 0.1) is 11.3 Å². The Morgan fingerprint density at radius 1 is 1.27 bits per heavy atom. The first-order valence-corrected chi connectivity index (χ1v) is 10.5. The molecule has 1 aromatic carbocycles. The molecule has 0 aliphatic carbocycles. The van der Waals surface area contributed by atoms with Crippen molar-refractivity contribution in [3.8, 4) is 11.9 Å². The second kappa shape index (κ2) is 9.25. The smallest absolute Gasteiger partial charge is 0.251 e. The number of pyridine rings is 1. The van der Waals surface area contributed by atoms with Gasteiger partial charge in [-0.05, 0) is 31.2 Å². The van der Waals surface area contributed by atoms with Crippen molar-refractivity contribution in [2.75, 3.05) is 6.26 Å². The zero-order chi connectivity index (χ0) is 21.2. The SMILES string of the molecule is C[C@@H](NC(=O)c1cc(Cl)cc(S(C)(=O)=O)c1)c1ncnn1-c1cc(C#N)ccn1.S. The van der Waals surface area contributed by atoms with E-state index in [0.717, 1.165) is 6.26 Å². The molecule has 0 bridgehead atoms. The van der Waals surface area contributed by atoms with Crippen LogP contribution in [0.4, 0.5) is 0 Å². The van der Waals surface area contributed by atoms with Gasteiger partial charge in [-0.2, -0.15) is 28.5 Å². The van der Waals surface area contributed by atoms with E-state index in [0.29, 0.717) is 17.2 Å². The van der Waals surface area contributed by atoms with E-state index in [2.05, 4.69) is 20.4 Å². The van der Waals surface area contributed by atoms with Crippen molar-refractivity contribution in [1.29, 1.82) is 5.26 Å². The molecule has 1 amide bonds. The number of aromatic nitrogens is 4. The summed E-state index contributed by atoms with van der Waals surface area (Å²) in [5, 5.41) is 16.0. The average molecular weight is 465 g/mol. The first-order chi connectivity index (χ1) is 13.7. The van der Waals surface area contributed by atoms with E-state index in [1.165, 1.54) is 35.4 Å². The highest BCUT2D eigenvalue weighted by molar-refractivity contribution is 7.90. The molecule has 0 spiro atoms. The number of benzene rings is 1. The Morgan fingerprint density at radius 2 is 2.00 bits per heavy atom. The van der Waals surface area contributed by atoms with E-state index >= 15 is 0 Å². The van der Waals surface area contributed by atoms with Gasteiger partial charge in [-0.3, -0.25) is 4.79 Å². The number of hydrogen-bond acceptors (Lipinski definition) is 7. The number of carbonyl (C=O) groups excluding carboxylic acids is 1. The van der Waals surface area contributed by atoms with Gasteiger partial charge in [0.25, 0.3) is 5.91 Å². The lowest BCUT2D eigenvalue weighted by molar-refractivity contribution is 0.0937. The van der Waals surface area contributed by atoms with Crippen molar-refractivity contribution < 1.29 is 13.2 Å². The lowest BCUT2D eigenvalue weighted by Crippen LogP contribution is -2.29. The molecular weight excluding hydrogens is 448 g/mol. The normalized spacial score (nSPS) is 11.8. The summed E-state index contributed by atoms with van der Waals surface area (Å²) in [4.78, 5) is 20.9. The fourth-order valence-electron chi connectivity index (χ4n) is 2.58. The highest BCUT2D eigenvalue weighted by Gasteiger charge is 2.20. The number of nitriles is 1. The molecule has 2 aromatic heterocycles. The van der Waals surface area contributed by atoms with Gasteiger partial charge in [-0.25, -0.2) is 18.4 Å². The number of amides is 1. The molecule has 0 fully saturated rings. The summed E-state index contributed by atoms with van der Waals surface area (Å²) in [6.07, 6.45) is 3.81. The summed E-state index contributed by atoms with van der Waals surface area (Å²) < 4.78 is 25.0. The quantitative estimate of drug-likeness (QED) is 0.612. The predicted octanol–water partition coefficient (Wildman–Crippen LogP) is 2.19. The maximum atomic E-state index is 12.6. The molecule has 0 unspecified atom stereocenters. The van der Waals surface area contributed by atoms with Crippen LogP contribution < -0.4 is 5.32 Å². The molecule has 1 N–H and O–H groups in total. The average Bonchev–Trinajstić information content (AvgIpc) is 3.17. The molecule has 0 saturated heterocycles. The molecule has 30 heavy (non-hydrogen) atoms. The van der Waals surface area contributed by atoms with Gasteiger partial charge in [0.2, 0.25) is 0 Å². The minimum atomic E-state index is -3.53. The first kappa shape index (κ1) is 23.3. The van der Waals surface area contributed by atoms with E-state index in [9.17, 15) is 13.2 Å². The molecule has 0 aliphatic rings. The standard InChI is InChI=1S/C18H15ClN6O3S.H2S/c1-11(17-22-10-23-25(17)16-5-12(9-20)3-4-21-16)24-18(26)13-6-14(19)8-15(7-13)29(2,27)28;/h3-8,10-11H,1-2H3,(H,24,26);1H2/t11-;/m1./s1. The molecule has 12 heteroatoms. The van der Waals surface area contributed by atoms with Crippen LogP contribution in [0.1, 0.15) is 34.7 Å². The zero-order valence-corrected chi connectivity index (χ0v) is 18.4. The second-order valence-electron chi connectivity index (χ2n) is 6.19. The number of halogens is 1. The second-order valence-corrected chi connectivity index (χ2v) is 8.64. The van der Waals surface area contributed by atoms with E-state index in [1.807, 2.05) is 6.07 Å². The maximum Gasteiger partial charge on any atom is 0.251 e. The highest BCUT2D eigenvalue weighted by atomic mass is 35.5. The Balaban J connectivity index is 0.00000320. The van der Waals surface area contributed by atoms with Gasteiger partial charge in [0.05, 0.1) is 22.6 Å². The van der Waals surface area contributed by atoms with Crippen LogP contribution in [0.3, 0.4) is 0 Å². The van der Waals surface area contributed by atoms with Crippen molar-refractivity contribution in [3.63, 3.8) is 0 Å². The fourth-order valence-corrected chi connectivity index (χ4v) is 3.56. The Morgan fingerprint density at radius 3 is 2.67 bits per heavy atom. The first-order valence-electron chi connectivity index (χ1n) is 8.27. The van der Waals surface area contributed by atoms with Crippen LogP contribution in [0.2, 0.25) is 5.02 Å². The minimum Gasteiger partial charge on any atom is -0.342 e. The third-order valence-corrected chi connectivity index (χ3v) is 5.27. The summed E-state index contributed by atoms with van der Waals surface area (Å²) >= 11 is 5.96. The molecule has 0 radical (unpaired) electrons. The molecular formula is C18H17ClN6O3S2. The van der Waals surface area contributed by atoms with Crippen LogP contribution in [0.15, 0.2) is 47.8 Å². The highest BCUT2D eigenvalue weighted by Crippen LogP contribution is 2.20. The van der Waals surface area contributed by atoms with Crippen LogP contribution >= 0.6 is 25.1 Å². The predicted molar refractivity (Wildman–Crippen MR) is 115 cm³/mol. The van der Waals surface area contributed by atoms with E-state index in [4.69, 9.17) is 16.9 Å². The number of hydrogen-bond donors (Lipinski definition) is 1. The lowest BCUT2D eigenvalue weighted by atomic mass is 10.2. The number of rotatable bonds is 5. The van der Waals surface area contributed by atoms with Crippen molar-refractivity contribution in [2.45, 2.75) is 17.9 Å². The van der Waals surface area contributed by atoms with E-state index in [-0.39, 0.29) is 29.0 Å². The summed E-state index contributed by atoms with van der Waals surface area (Å²) in [6.45, 7) is 1.69. The summed E-state index contributed by atoms with van der Waals surface area (Å²) in [7, 11) is -3.53. The number of nitrogens with zero attached hydrogens (tertiary/aromatic N) is 5. The van der Waals surface area contributed by atoms with Crippen molar-refractivity contribution >= 4 is 40.8 Å². The largest absolute Gasteiger partial charge is 0.342 e. The summed E-state index contributed by atoms with van der Waals surface area (Å²) in [6, 6.07) is 8.44. The fraction of sp³-hybridized carbons (Fsp3) is 0.167. The van der Waals surface area contributed by atoms with Crippen LogP contribution in [0.5, 0.6) is 0 Å². The molecule has 1 atom stereocenters. The van der Waals surface area contributed by atoms with Gasteiger partial charge in [-0.1, -0.05) is 11.6 Å². The van der Waals surface area contributed by atoms with Crippen molar-refractivity contribution in [2.24, 2.45) is 0 Å². The zero-order valence-electron chi connectivity index (χ0n) is 15.9. The summed E-state index contributed by atoms with van der Waals surface area (Å²) in [5.41, 5.74) is 0.501. The number of sulfone groups is 1. The molecule has 3 aromatic rings. The topological polar surface area (TPSA) is 131 Å². The third kappa shape index (κ3) is 5.15. The number of carbonyl (C=O) groups is 1.